The van der Waals surface area contributed by atoms with Gasteiger partial charge in [-0.15, -0.1) is 0 Å². The summed E-state index contributed by atoms with van der Waals surface area (Å²) in [6, 6.07) is 32.2. The van der Waals surface area contributed by atoms with Gasteiger partial charge in [0.05, 0.1) is 0 Å². The van der Waals surface area contributed by atoms with Gasteiger partial charge in [-0.05, 0) is 133 Å². The molecule has 7 rings (SSSR count). The van der Waals surface area contributed by atoms with Crippen molar-refractivity contribution in [3.8, 4) is 0 Å². The van der Waals surface area contributed by atoms with Crippen molar-refractivity contribution < 1.29 is 0 Å². The topological polar surface area (TPSA) is 13.0 Å². The Morgan fingerprint density at radius 3 is 1.21 bits per heavy atom. The predicted octanol–water partition coefficient (Wildman–Crippen LogP) is 28.2. The maximum absolute atomic E-state index is 2.83. The standard InChI is InChI=1S/C32H46N2.C31H50N2.12C2H6/c1-6-25-14-9-10-18-30(25)33-20-28-17-11-13-23(4)32(28)24(5)19-34(22-29(32)21-33)31-26(7-2)15-12-16-27(31)8-3;1-6-11-12-13-16-24-32(30-22-15-14-19-27(30)8-3)25-18-26-33(23-7-2)31-28(9-4)20-17-21-29(31)10-5;12*1-2/h9-10,12,14-16,18,23-24,28-29H,6-8,11,13,17,19-22H2,1-5H3;14-15,17,19-22H,6-13,16,18,23-26H2,1-5H3;12*1-2H3/t23?,24-,28?,29+,32?;;;;;;;;;;;;;/m0............./s1. The zero-order chi connectivity index (χ0) is 71.8. The van der Waals surface area contributed by atoms with E-state index in [4.69, 9.17) is 0 Å². The highest BCUT2D eigenvalue weighted by Gasteiger charge is 2.59. The molecular formula is C87H168N4. The molecule has 4 nitrogen and oxygen atoms in total. The Kier molecular flexibility index (Phi) is 77.8. The lowest BCUT2D eigenvalue weighted by Gasteiger charge is -2.65. The van der Waals surface area contributed by atoms with Crippen molar-refractivity contribution in [3.63, 3.8) is 0 Å². The number of unbranched alkanes of at least 4 members (excludes halogenated alkanes) is 4. The van der Waals surface area contributed by atoms with Crippen molar-refractivity contribution in [3.05, 3.63) is 118 Å². The highest BCUT2D eigenvalue weighted by Crippen LogP contribution is 2.60. The summed E-state index contributed by atoms with van der Waals surface area (Å²) in [6.07, 6.45) is 20.1. The summed E-state index contributed by atoms with van der Waals surface area (Å²) < 4.78 is 0. The van der Waals surface area contributed by atoms with E-state index >= 15 is 0 Å². The van der Waals surface area contributed by atoms with Gasteiger partial charge in [-0.1, -0.05) is 347 Å². The van der Waals surface area contributed by atoms with E-state index in [1.54, 1.807) is 16.8 Å². The maximum atomic E-state index is 2.83. The van der Waals surface area contributed by atoms with E-state index in [0.29, 0.717) is 5.41 Å². The van der Waals surface area contributed by atoms with Gasteiger partial charge in [0.1, 0.15) is 0 Å². The van der Waals surface area contributed by atoms with Crippen LogP contribution < -0.4 is 19.6 Å². The second-order valence-corrected chi connectivity index (χ2v) is 20.9. The molecule has 536 valence electrons. The molecule has 1 saturated carbocycles. The Bertz CT molecular complexity index is 2030. The molecule has 5 atom stereocenters. The summed E-state index contributed by atoms with van der Waals surface area (Å²) in [5.41, 5.74) is 15.7. The Hall–Kier alpha value is -3.92. The summed E-state index contributed by atoms with van der Waals surface area (Å²) in [6.45, 7) is 81.2. The Balaban J connectivity index is -0.000000233. The van der Waals surface area contributed by atoms with Crippen LogP contribution in [0.5, 0.6) is 0 Å². The third-order valence-electron chi connectivity index (χ3n) is 17.0. The molecule has 4 aromatic rings. The number of anilines is 4. The molecule has 0 bridgehead atoms. The molecule has 2 saturated heterocycles. The maximum Gasteiger partial charge on any atom is 0.0431 e. The van der Waals surface area contributed by atoms with E-state index in [1.807, 2.05) is 166 Å². The second kappa shape index (κ2) is 70.4. The van der Waals surface area contributed by atoms with Crippen LogP contribution in [-0.2, 0) is 38.5 Å². The average molecular weight is 1270 g/mol. The van der Waals surface area contributed by atoms with Gasteiger partial charge in [0.15, 0.2) is 0 Å². The number of benzene rings is 4. The molecule has 1 spiro atoms. The van der Waals surface area contributed by atoms with Gasteiger partial charge < -0.3 is 19.6 Å². The van der Waals surface area contributed by atoms with E-state index < -0.39 is 0 Å². The summed E-state index contributed by atoms with van der Waals surface area (Å²) in [4.78, 5) is 11.0. The molecule has 3 unspecified atom stereocenters. The lowest BCUT2D eigenvalue weighted by Crippen LogP contribution is -2.67. The van der Waals surface area contributed by atoms with Gasteiger partial charge in [-0.3, -0.25) is 0 Å². The SMILES string of the molecule is CC.CC.CC.CC.CC.CC.CC.CC.CC.CC.CC.CC.CCCCCCCN(CCCN(CCC)c1c(CC)cccc1CC)c1ccccc1CC.CCc1ccccc1N1CC2CCCC(C)C23[C@H](C1)CN(c1c(CC)cccc1CC)C[C@@H]3C. The van der Waals surface area contributed by atoms with Crippen LogP contribution >= 0.6 is 0 Å². The molecule has 4 aromatic carbocycles. The molecule has 0 aromatic heterocycles. The van der Waals surface area contributed by atoms with Crippen LogP contribution in [0, 0.1) is 29.1 Å². The summed E-state index contributed by atoms with van der Waals surface area (Å²) in [5.74, 6) is 3.13. The molecule has 3 fully saturated rings. The van der Waals surface area contributed by atoms with Gasteiger partial charge in [-0.2, -0.15) is 0 Å². The summed E-state index contributed by atoms with van der Waals surface area (Å²) in [5, 5.41) is 0. The minimum Gasteiger partial charge on any atom is -0.371 e. The third-order valence-corrected chi connectivity index (χ3v) is 17.0. The molecule has 0 N–H and O–H groups in total. The van der Waals surface area contributed by atoms with Crippen LogP contribution in [0.15, 0.2) is 84.9 Å². The number of hydrogen-bond donors (Lipinski definition) is 0. The van der Waals surface area contributed by atoms with Crippen molar-refractivity contribution in [1.29, 1.82) is 0 Å². The fourth-order valence-corrected chi connectivity index (χ4v) is 13.8. The van der Waals surface area contributed by atoms with Crippen molar-refractivity contribution >= 4 is 22.7 Å². The van der Waals surface area contributed by atoms with E-state index in [9.17, 15) is 0 Å². The first-order chi connectivity index (χ1) is 44.7. The van der Waals surface area contributed by atoms with Gasteiger partial charge in [0, 0.05) is 81.0 Å². The van der Waals surface area contributed by atoms with Gasteiger partial charge in [0.2, 0.25) is 0 Å². The van der Waals surface area contributed by atoms with E-state index in [-0.39, 0.29) is 0 Å². The molecule has 4 heteroatoms. The molecule has 1 aliphatic carbocycles. The first kappa shape index (κ1) is 101. The van der Waals surface area contributed by atoms with E-state index in [2.05, 4.69) is 174 Å². The van der Waals surface area contributed by atoms with Crippen LogP contribution in [-0.4, -0.2) is 52.4 Å². The van der Waals surface area contributed by atoms with Crippen LogP contribution in [0.3, 0.4) is 0 Å². The molecule has 0 amide bonds. The van der Waals surface area contributed by atoms with Crippen LogP contribution in [0.1, 0.15) is 333 Å². The fraction of sp³-hybridized carbons (Fsp3) is 0.724. The first-order valence-corrected chi connectivity index (χ1v) is 40.1. The first-order valence-electron chi connectivity index (χ1n) is 40.1. The zero-order valence-electron chi connectivity index (χ0n) is 68.7. The third kappa shape index (κ3) is 32.9. The molecule has 3 aliphatic rings. The monoisotopic (exact) mass is 1270 g/mol. The number of hydrogen-bond acceptors (Lipinski definition) is 4. The van der Waals surface area contributed by atoms with Gasteiger partial charge >= 0.3 is 0 Å². The average Bonchev–Trinajstić information content (AvgIpc) is 0.717. The van der Waals surface area contributed by atoms with Gasteiger partial charge in [0.25, 0.3) is 0 Å². The van der Waals surface area contributed by atoms with Crippen molar-refractivity contribution in [1.82, 2.24) is 0 Å². The smallest absolute Gasteiger partial charge is 0.0431 e. The van der Waals surface area contributed by atoms with Crippen LogP contribution in [0.25, 0.3) is 0 Å². The van der Waals surface area contributed by atoms with Crippen LogP contribution in [0.2, 0.25) is 0 Å². The largest absolute Gasteiger partial charge is 0.371 e. The molecule has 91 heavy (non-hydrogen) atoms. The normalized spacial score (nSPS) is 16.5. The van der Waals surface area contributed by atoms with Crippen molar-refractivity contribution in [2.45, 2.75) is 338 Å². The molecule has 0 radical (unpaired) electrons. The quantitative estimate of drug-likeness (QED) is 0.0727. The Labute approximate surface area is 577 Å². The van der Waals surface area contributed by atoms with Crippen LogP contribution in [0.4, 0.5) is 22.7 Å². The Morgan fingerprint density at radius 2 is 0.736 bits per heavy atom. The van der Waals surface area contributed by atoms with E-state index in [0.717, 1.165) is 81.8 Å². The Morgan fingerprint density at radius 1 is 0.341 bits per heavy atom. The number of rotatable bonds is 22. The highest BCUT2D eigenvalue weighted by atomic mass is 15.2. The highest BCUT2D eigenvalue weighted by molar-refractivity contribution is 5.62. The zero-order valence-corrected chi connectivity index (χ0v) is 68.7. The second-order valence-electron chi connectivity index (χ2n) is 20.9. The number of aryl methyl sites for hydroxylation is 6. The minimum absolute atomic E-state index is 0.500. The van der Waals surface area contributed by atoms with Crippen molar-refractivity contribution in [2.75, 3.05) is 72.0 Å². The number of piperidine rings is 2. The minimum atomic E-state index is 0.500. The lowest BCUT2D eigenvalue weighted by molar-refractivity contribution is -0.0935. The molecule has 2 heterocycles. The van der Waals surface area contributed by atoms with Gasteiger partial charge in [-0.25, -0.2) is 0 Å². The number of nitrogens with zero attached hydrogens (tertiary/aromatic N) is 4. The summed E-state index contributed by atoms with van der Waals surface area (Å²) in [7, 11) is 0. The van der Waals surface area contributed by atoms with E-state index in [1.165, 1.54) is 136 Å². The summed E-state index contributed by atoms with van der Waals surface area (Å²) >= 11 is 0. The molecular weight excluding hydrogens is 1100 g/mol. The fourth-order valence-electron chi connectivity index (χ4n) is 13.8. The van der Waals surface area contributed by atoms with Crippen molar-refractivity contribution in [2.24, 2.45) is 29.1 Å². The predicted molar refractivity (Wildman–Crippen MR) is 432 cm³/mol. The number of para-hydroxylation sites is 4. The lowest BCUT2D eigenvalue weighted by atomic mass is 9.47. The molecule has 2 aliphatic heterocycles.